The predicted octanol–water partition coefficient (Wildman–Crippen LogP) is 4.20. The minimum absolute atomic E-state index is 0.0156. The number of carbonyl (C=O) groups is 1. The van der Waals surface area contributed by atoms with Gasteiger partial charge in [0.1, 0.15) is 11.3 Å². The molecule has 0 aliphatic rings. The third kappa shape index (κ3) is 3.05. The fourth-order valence-corrected chi connectivity index (χ4v) is 3.21. The lowest BCUT2D eigenvalue weighted by molar-refractivity contribution is 0.0696. The van der Waals surface area contributed by atoms with Crippen molar-refractivity contribution in [2.24, 2.45) is 0 Å². The number of rotatable bonds is 4. The molecule has 23 heavy (non-hydrogen) atoms. The Labute approximate surface area is 133 Å². The van der Waals surface area contributed by atoms with E-state index in [0.29, 0.717) is 23.9 Å². The van der Waals surface area contributed by atoms with E-state index in [1.165, 1.54) is 12.1 Å². The molecule has 0 spiro atoms. The van der Waals surface area contributed by atoms with Crippen molar-refractivity contribution in [2.45, 2.75) is 12.8 Å². The lowest BCUT2D eigenvalue weighted by Crippen LogP contribution is -1.98. The van der Waals surface area contributed by atoms with Crippen molar-refractivity contribution in [3.05, 3.63) is 63.9 Å². The van der Waals surface area contributed by atoms with E-state index < -0.39 is 23.4 Å². The van der Waals surface area contributed by atoms with E-state index in [1.807, 2.05) is 0 Å². The van der Waals surface area contributed by atoms with Crippen LogP contribution in [0.2, 0.25) is 0 Å². The number of halogens is 3. The van der Waals surface area contributed by atoms with Crippen LogP contribution in [-0.2, 0) is 12.8 Å². The Kier molecular flexibility index (Phi) is 4.04. The van der Waals surface area contributed by atoms with Crippen LogP contribution in [0.4, 0.5) is 13.2 Å². The van der Waals surface area contributed by atoms with Gasteiger partial charge in [0.15, 0.2) is 11.6 Å². The first-order valence-corrected chi connectivity index (χ1v) is 7.52. The fourth-order valence-electron chi connectivity index (χ4n) is 2.25. The van der Waals surface area contributed by atoms with E-state index in [-0.39, 0.29) is 15.8 Å². The number of aromatic carboxylic acids is 1. The molecule has 1 N–H and O–H groups in total. The molecule has 7 heteroatoms. The van der Waals surface area contributed by atoms with Crippen molar-refractivity contribution in [3.8, 4) is 0 Å². The number of hydrogen-bond acceptors (Lipinski definition) is 3. The summed E-state index contributed by atoms with van der Waals surface area (Å²) in [5.74, 6) is -4.28. The molecule has 0 aliphatic carbocycles. The first-order valence-electron chi connectivity index (χ1n) is 6.71. The van der Waals surface area contributed by atoms with Gasteiger partial charge in [0.2, 0.25) is 0 Å². The molecule has 3 nitrogen and oxygen atoms in total. The molecule has 0 saturated carbocycles. The third-order valence-corrected chi connectivity index (χ3v) is 4.48. The van der Waals surface area contributed by atoms with E-state index in [4.69, 9.17) is 5.11 Å². The highest BCUT2D eigenvalue weighted by molar-refractivity contribution is 7.18. The highest BCUT2D eigenvalue weighted by atomic mass is 32.1. The number of carboxylic acids is 1. The third-order valence-electron chi connectivity index (χ3n) is 3.36. The molecular formula is C16H10F3NO2S. The SMILES string of the molecule is O=C(O)c1cccc(CCc2nc3c(F)c(F)cc(F)c3s2)c1. The van der Waals surface area contributed by atoms with Gasteiger partial charge < -0.3 is 5.11 Å². The van der Waals surface area contributed by atoms with E-state index in [2.05, 4.69) is 4.98 Å². The lowest BCUT2D eigenvalue weighted by atomic mass is 10.1. The highest BCUT2D eigenvalue weighted by Gasteiger charge is 2.17. The normalized spacial score (nSPS) is 11.1. The Morgan fingerprint density at radius 3 is 2.65 bits per heavy atom. The average molecular weight is 337 g/mol. The molecule has 0 aliphatic heterocycles. The smallest absolute Gasteiger partial charge is 0.335 e. The van der Waals surface area contributed by atoms with E-state index in [9.17, 15) is 18.0 Å². The largest absolute Gasteiger partial charge is 0.478 e. The standard InChI is InChI=1S/C16H10F3NO2S/c17-10-7-11(18)15-14(13(10)19)20-12(23-15)5-4-8-2-1-3-9(6-8)16(21)22/h1-3,6-7H,4-5H2,(H,21,22). The van der Waals surface area contributed by atoms with Crippen molar-refractivity contribution in [1.29, 1.82) is 0 Å². The molecule has 0 bridgehead atoms. The average Bonchev–Trinajstić information content (AvgIpc) is 2.96. The lowest BCUT2D eigenvalue weighted by Gasteiger charge is -2.01. The summed E-state index contributed by atoms with van der Waals surface area (Å²) in [6.45, 7) is 0. The second-order valence-electron chi connectivity index (χ2n) is 4.95. The zero-order valence-electron chi connectivity index (χ0n) is 11.6. The minimum atomic E-state index is -1.26. The van der Waals surface area contributed by atoms with Crippen molar-refractivity contribution in [1.82, 2.24) is 4.98 Å². The van der Waals surface area contributed by atoms with Gasteiger partial charge in [-0.1, -0.05) is 12.1 Å². The van der Waals surface area contributed by atoms with E-state index in [0.717, 1.165) is 16.9 Å². The molecule has 0 unspecified atom stereocenters. The van der Waals surface area contributed by atoms with Crippen molar-refractivity contribution < 1.29 is 23.1 Å². The fraction of sp³-hybridized carbons (Fsp3) is 0.125. The molecule has 3 rings (SSSR count). The van der Waals surface area contributed by atoms with Crippen LogP contribution in [0.3, 0.4) is 0 Å². The number of hydrogen-bond donors (Lipinski definition) is 1. The number of carboxylic acid groups (broad SMARTS) is 1. The Balaban J connectivity index is 1.85. The van der Waals surface area contributed by atoms with Crippen LogP contribution in [0.25, 0.3) is 10.2 Å². The molecule has 0 atom stereocenters. The summed E-state index contributed by atoms with van der Waals surface area (Å²) < 4.78 is 40.4. The summed E-state index contributed by atoms with van der Waals surface area (Å²) in [6, 6.07) is 6.93. The van der Waals surface area contributed by atoms with Gasteiger partial charge in [-0.2, -0.15) is 0 Å². The summed E-state index contributed by atoms with van der Waals surface area (Å²) >= 11 is 0.967. The molecule has 118 valence electrons. The van der Waals surface area contributed by atoms with Crippen molar-refractivity contribution >= 4 is 27.5 Å². The van der Waals surface area contributed by atoms with Gasteiger partial charge in [-0.05, 0) is 24.1 Å². The summed E-state index contributed by atoms with van der Waals surface area (Å²) in [4.78, 5) is 14.9. The van der Waals surface area contributed by atoms with Crippen LogP contribution in [0.1, 0.15) is 20.9 Å². The topological polar surface area (TPSA) is 50.2 Å². The Morgan fingerprint density at radius 2 is 1.91 bits per heavy atom. The van der Waals surface area contributed by atoms with Gasteiger partial charge in [0.05, 0.1) is 15.3 Å². The number of fused-ring (bicyclic) bond motifs is 1. The van der Waals surface area contributed by atoms with Crippen LogP contribution in [-0.4, -0.2) is 16.1 Å². The van der Waals surface area contributed by atoms with Crippen LogP contribution in [0, 0.1) is 17.5 Å². The second-order valence-corrected chi connectivity index (χ2v) is 6.03. The van der Waals surface area contributed by atoms with Gasteiger partial charge in [-0.15, -0.1) is 11.3 Å². The molecule has 1 aromatic heterocycles. The second kappa shape index (κ2) is 6.00. The number of nitrogens with zero attached hydrogens (tertiary/aromatic N) is 1. The maximum absolute atomic E-state index is 13.6. The zero-order chi connectivity index (χ0) is 16.6. The molecular weight excluding hydrogens is 327 g/mol. The summed E-state index contributed by atoms with van der Waals surface area (Å²) in [5.41, 5.74) is 0.643. The molecule has 0 radical (unpaired) electrons. The summed E-state index contributed by atoms with van der Waals surface area (Å²) in [6.07, 6.45) is 0.843. The van der Waals surface area contributed by atoms with Gasteiger partial charge in [-0.25, -0.2) is 22.9 Å². The minimum Gasteiger partial charge on any atom is -0.478 e. The number of thiazole rings is 1. The summed E-state index contributed by atoms with van der Waals surface area (Å²) in [5, 5.41) is 9.41. The first kappa shape index (κ1) is 15.5. The molecule has 0 saturated heterocycles. The Hall–Kier alpha value is -2.41. The van der Waals surface area contributed by atoms with E-state index >= 15 is 0 Å². The van der Waals surface area contributed by atoms with Crippen LogP contribution in [0.5, 0.6) is 0 Å². The molecule has 1 heterocycles. The van der Waals surface area contributed by atoms with E-state index in [1.54, 1.807) is 12.1 Å². The highest BCUT2D eigenvalue weighted by Crippen LogP contribution is 2.29. The predicted molar refractivity (Wildman–Crippen MR) is 80.3 cm³/mol. The van der Waals surface area contributed by atoms with Crippen molar-refractivity contribution in [2.75, 3.05) is 0 Å². The van der Waals surface area contributed by atoms with Gasteiger partial charge >= 0.3 is 5.97 Å². The number of benzene rings is 2. The van der Waals surface area contributed by atoms with Gasteiger partial charge in [-0.3, -0.25) is 0 Å². The molecule has 3 aromatic rings. The Morgan fingerprint density at radius 1 is 1.13 bits per heavy atom. The van der Waals surface area contributed by atoms with Crippen molar-refractivity contribution in [3.63, 3.8) is 0 Å². The van der Waals surface area contributed by atoms with Gasteiger partial charge in [0.25, 0.3) is 0 Å². The van der Waals surface area contributed by atoms with Crippen LogP contribution >= 0.6 is 11.3 Å². The molecule has 2 aromatic carbocycles. The number of aromatic nitrogens is 1. The number of aryl methyl sites for hydroxylation is 2. The van der Waals surface area contributed by atoms with Gasteiger partial charge in [0, 0.05) is 12.5 Å². The maximum atomic E-state index is 13.6. The first-order chi connectivity index (χ1) is 11.0. The quantitative estimate of drug-likeness (QED) is 0.726. The van der Waals surface area contributed by atoms with Crippen LogP contribution < -0.4 is 0 Å². The Bertz CT molecular complexity index is 908. The zero-order valence-corrected chi connectivity index (χ0v) is 12.5. The molecule has 0 fully saturated rings. The summed E-state index contributed by atoms with van der Waals surface area (Å²) in [7, 11) is 0. The maximum Gasteiger partial charge on any atom is 0.335 e. The molecule has 0 amide bonds. The van der Waals surface area contributed by atoms with Crippen LogP contribution in [0.15, 0.2) is 30.3 Å². The monoisotopic (exact) mass is 337 g/mol.